The highest BCUT2D eigenvalue weighted by Crippen LogP contribution is 2.14. The summed E-state index contributed by atoms with van der Waals surface area (Å²) < 4.78 is 26.2. The maximum Gasteiger partial charge on any atom is 0.326 e. The Balaban J connectivity index is 2.21. The number of rotatable bonds is 6. The lowest BCUT2D eigenvalue weighted by Gasteiger charge is -2.13. The molecule has 0 aliphatic rings. The fourth-order valence-electron chi connectivity index (χ4n) is 2.10. The van der Waals surface area contributed by atoms with E-state index in [2.05, 4.69) is 10.3 Å². The molecule has 0 radical (unpaired) electrons. The average Bonchev–Trinajstić information content (AvgIpc) is 2.88. The molecule has 0 aliphatic carbocycles. The highest BCUT2D eigenvalue weighted by molar-refractivity contribution is 5.95. The smallest absolute Gasteiger partial charge is 0.326 e. The van der Waals surface area contributed by atoms with Crippen LogP contribution in [0.3, 0.4) is 0 Å². The second-order valence-electron chi connectivity index (χ2n) is 5.26. The first-order valence-electron chi connectivity index (χ1n) is 7.10. The number of aryl methyl sites for hydroxylation is 1. The molecule has 0 saturated heterocycles. The first kappa shape index (κ1) is 17.5. The average molecular weight is 338 g/mol. The molecule has 0 bridgehead atoms. The van der Waals surface area contributed by atoms with Crippen molar-refractivity contribution in [3.63, 3.8) is 0 Å². The van der Waals surface area contributed by atoms with Gasteiger partial charge in [-0.25, -0.2) is 18.3 Å². The number of aliphatic carboxylic acids is 1. The van der Waals surface area contributed by atoms with Crippen LogP contribution in [0.5, 0.6) is 0 Å². The molecule has 128 valence electrons. The molecule has 0 fully saturated rings. The predicted octanol–water partition coefficient (Wildman–Crippen LogP) is 1.72. The number of benzene rings is 1. The molecule has 1 amide bonds. The molecule has 24 heavy (non-hydrogen) atoms. The van der Waals surface area contributed by atoms with Gasteiger partial charge in [-0.3, -0.25) is 4.79 Å². The number of hydrogen-bond acceptors (Lipinski definition) is 4. The van der Waals surface area contributed by atoms with Gasteiger partial charge in [0.05, 0.1) is 11.4 Å². The molecule has 0 aliphatic heterocycles. The number of nitrogens with zero attached hydrogens (tertiary/aromatic N) is 3. The monoisotopic (exact) mass is 338 g/mol. The topological polar surface area (TPSA) is 97.1 Å². The number of carboxylic acid groups (broad SMARTS) is 1. The summed E-state index contributed by atoms with van der Waals surface area (Å²) in [7, 11) is 0. The van der Waals surface area contributed by atoms with Crippen molar-refractivity contribution >= 4 is 11.9 Å². The van der Waals surface area contributed by atoms with E-state index >= 15 is 0 Å². The molecule has 1 atom stereocenters. The second-order valence-corrected chi connectivity index (χ2v) is 5.26. The summed E-state index contributed by atoms with van der Waals surface area (Å²) in [4.78, 5) is 23.1. The van der Waals surface area contributed by atoms with E-state index in [0.29, 0.717) is 11.4 Å². The van der Waals surface area contributed by atoms with E-state index in [1.54, 1.807) is 19.1 Å². The van der Waals surface area contributed by atoms with Crippen molar-refractivity contribution in [3.05, 3.63) is 41.2 Å². The number of halogens is 2. The predicted molar refractivity (Wildman–Crippen MR) is 80.3 cm³/mol. The number of hydrogen-bond donors (Lipinski definition) is 2. The van der Waals surface area contributed by atoms with Gasteiger partial charge >= 0.3 is 5.97 Å². The Kier molecular flexibility index (Phi) is 5.22. The van der Waals surface area contributed by atoms with Crippen LogP contribution in [0.2, 0.25) is 0 Å². The summed E-state index contributed by atoms with van der Waals surface area (Å²) in [6.45, 7) is 3.50. The van der Waals surface area contributed by atoms with Crippen LogP contribution in [0.1, 0.15) is 28.2 Å². The van der Waals surface area contributed by atoms with Gasteiger partial charge < -0.3 is 10.4 Å². The molecule has 1 heterocycles. The van der Waals surface area contributed by atoms with Crippen LogP contribution in [-0.4, -0.2) is 44.4 Å². The van der Waals surface area contributed by atoms with Crippen LogP contribution in [0, 0.1) is 13.8 Å². The molecule has 1 aromatic carbocycles. The van der Waals surface area contributed by atoms with Gasteiger partial charge in [0.2, 0.25) is 6.43 Å². The van der Waals surface area contributed by atoms with E-state index in [0.717, 1.165) is 5.56 Å². The minimum atomic E-state index is -2.85. The van der Waals surface area contributed by atoms with Crippen molar-refractivity contribution in [2.75, 3.05) is 0 Å². The standard InChI is InChI=1S/C15H16F2N4O3/c1-8-3-5-10(6-4-8)21-9(2)13(19-20-21)14(22)18-11(15(23)24)7-12(16)17/h3-6,11-12H,7H2,1-2H3,(H,18,22)(H,23,24). The van der Waals surface area contributed by atoms with E-state index in [9.17, 15) is 18.4 Å². The van der Waals surface area contributed by atoms with Crippen LogP contribution < -0.4 is 5.32 Å². The molecule has 7 nitrogen and oxygen atoms in total. The normalized spacial score (nSPS) is 12.2. The molecular formula is C15H16F2N4O3. The van der Waals surface area contributed by atoms with Crippen molar-refractivity contribution in [1.82, 2.24) is 20.3 Å². The summed E-state index contributed by atoms with van der Waals surface area (Å²) >= 11 is 0. The molecule has 1 aromatic heterocycles. The van der Waals surface area contributed by atoms with Crippen molar-refractivity contribution in [2.45, 2.75) is 32.7 Å². The Hall–Kier alpha value is -2.84. The van der Waals surface area contributed by atoms with Gasteiger partial charge in [0.25, 0.3) is 5.91 Å². The summed E-state index contributed by atoms with van der Waals surface area (Å²) in [6.07, 6.45) is -3.83. The van der Waals surface area contributed by atoms with Gasteiger partial charge in [-0.15, -0.1) is 5.10 Å². The molecule has 2 aromatic rings. The summed E-state index contributed by atoms with van der Waals surface area (Å²) in [5.41, 5.74) is 1.98. The van der Waals surface area contributed by atoms with Crippen molar-refractivity contribution in [2.24, 2.45) is 0 Å². The number of aromatic nitrogens is 3. The zero-order valence-electron chi connectivity index (χ0n) is 13.0. The molecular weight excluding hydrogens is 322 g/mol. The minimum Gasteiger partial charge on any atom is -0.480 e. The van der Waals surface area contributed by atoms with Crippen molar-refractivity contribution in [3.8, 4) is 5.69 Å². The van der Waals surface area contributed by atoms with Gasteiger partial charge in [-0.1, -0.05) is 22.9 Å². The van der Waals surface area contributed by atoms with E-state index in [4.69, 9.17) is 5.11 Å². The molecule has 2 N–H and O–H groups in total. The lowest BCUT2D eigenvalue weighted by atomic mass is 10.2. The first-order chi connectivity index (χ1) is 11.3. The number of carbonyl (C=O) groups is 2. The number of amides is 1. The lowest BCUT2D eigenvalue weighted by molar-refractivity contribution is -0.140. The summed E-state index contributed by atoms with van der Waals surface area (Å²) in [6, 6.07) is 5.60. The van der Waals surface area contributed by atoms with Crippen LogP contribution >= 0.6 is 0 Å². The van der Waals surface area contributed by atoms with E-state index in [1.807, 2.05) is 24.4 Å². The Bertz CT molecular complexity index is 744. The zero-order chi connectivity index (χ0) is 17.9. The molecule has 0 saturated carbocycles. The van der Waals surface area contributed by atoms with Crippen LogP contribution in [0.25, 0.3) is 5.69 Å². The third kappa shape index (κ3) is 3.92. The highest BCUT2D eigenvalue weighted by Gasteiger charge is 2.27. The van der Waals surface area contributed by atoms with Crippen LogP contribution in [0.15, 0.2) is 24.3 Å². The Morgan fingerprint density at radius 2 is 1.88 bits per heavy atom. The summed E-state index contributed by atoms with van der Waals surface area (Å²) in [5.74, 6) is -2.40. The Labute approximate surface area is 136 Å². The number of nitrogens with one attached hydrogen (secondary N) is 1. The lowest BCUT2D eigenvalue weighted by Crippen LogP contribution is -2.42. The highest BCUT2D eigenvalue weighted by atomic mass is 19.3. The van der Waals surface area contributed by atoms with Crippen LogP contribution in [-0.2, 0) is 4.79 Å². The van der Waals surface area contributed by atoms with E-state index in [1.165, 1.54) is 4.68 Å². The third-order valence-corrected chi connectivity index (χ3v) is 3.41. The molecule has 1 unspecified atom stereocenters. The van der Waals surface area contributed by atoms with E-state index < -0.39 is 30.8 Å². The molecule has 0 spiro atoms. The van der Waals surface area contributed by atoms with Gasteiger partial charge in [0.1, 0.15) is 6.04 Å². The largest absolute Gasteiger partial charge is 0.480 e. The maximum absolute atomic E-state index is 12.4. The van der Waals surface area contributed by atoms with E-state index in [-0.39, 0.29) is 5.69 Å². The third-order valence-electron chi connectivity index (χ3n) is 3.41. The quantitative estimate of drug-likeness (QED) is 0.836. The van der Waals surface area contributed by atoms with Gasteiger partial charge in [-0.05, 0) is 26.0 Å². The number of carboxylic acids is 1. The van der Waals surface area contributed by atoms with Gasteiger partial charge in [-0.2, -0.15) is 0 Å². The second kappa shape index (κ2) is 7.16. The summed E-state index contributed by atoms with van der Waals surface area (Å²) in [5, 5.41) is 18.5. The maximum atomic E-state index is 12.4. The minimum absolute atomic E-state index is 0.115. The first-order valence-corrected chi connectivity index (χ1v) is 7.10. The van der Waals surface area contributed by atoms with Crippen molar-refractivity contribution in [1.29, 1.82) is 0 Å². The fourth-order valence-corrected chi connectivity index (χ4v) is 2.10. The fraction of sp³-hybridized carbons (Fsp3) is 0.333. The van der Waals surface area contributed by atoms with Crippen LogP contribution in [0.4, 0.5) is 8.78 Å². The SMILES string of the molecule is Cc1ccc(-n2nnc(C(=O)NC(CC(F)F)C(=O)O)c2C)cc1. The number of carbonyl (C=O) groups excluding carboxylic acids is 1. The molecule has 2 rings (SSSR count). The van der Waals surface area contributed by atoms with Gasteiger partial charge in [0, 0.05) is 6.42 Å². The Morgan fingerprint density at radius 1 is 1.25 bits per heavy atom. The zero-order valence-corrected chi connectivity index (χ0v) is 13.0. The van der Waals surface area contributed by atoms with Crippen molar-refractivity contribution < 1.29 is 23.5 Å². The Morgan fingerprint density at radius 3 is 2.42 bits per heavy atom. The number of alkyl halides is 2. The molecule has 9 heteroatoms. The van der Waals surface area contributed by atoms with Gasteiger partial charge in [0.15, 0.2) is 5.69 Å².